The van der Waals surface area contributed by atoms with Gasteiger partial charge in [-0.15, -0.1) is 0 Å². The van der Waals surface area contributed by atoms with Gasteiger partial charge in [-0.25, -0.2) is 4.79 Å². The van der Waals surface area contributed by atoms with Crippen LogP contribution in [0.4, 0.5) is 10.5 Å². The highest BCUT2D eigenvalue weighted by Crippen LogP contribution is 2.35. The van der Waals surface area contributed by atoms with Crippen LogP contribution in [0.2, 0.25) is 0 Å². The summed E-state index contributed by atoms with van der Waals surface area (Å²) in [6.45, 7) is 13.6. The average molecular weight is 472 g/mol. The summed E-state index contributed by atoms with van der Waals surface area (Å²) in [6.07, 6.45) is 6.50. The van der Waals surface area contributed by atoms with Gasteiger partial charge in [-0.05, 0) is 78.4 Å². The van der Waals surface area contributed by atoms with Crippen LogP contribution in [0.1, 0.15) is 71.9 Å². The summed E-state index contributed by atoms with van der Waals surface area (Å²) in [5.74, 6) is 0.687. The number of hydrogen-bond donors (Lipinski definition) is 2. The first kappa shape index (κ1) is 24.8. The van der Waals surface area contributed by atoms with E-state index in [9.17, 15) is 9.90 Å². The zero-order chi connectivity index (χ0) is 24.7. The van der Waals surface area contributed by atoms with Gasteiger partial charge >= 0.3 is 6.09 Å². The molecule has 0 spiro atoms. The number of aromatic nitrogens is 2. The van der Waals surface area contributed by atoms with Crippen LogP contribution in [0.15, 0.2) is 18.3 Å². The molecule has 1 saturated heterocycles. The molecule has 2 aromatic rings. The second kappa shape index (κ2) is 9.38. The third-order valence-corrected chi connectivity index (χ3v) is 7.08. The van der Waals surface area contributed by atoms with E-state index in [1.54, 1.807) is 13.8 Å². The standard InChI is InChI=1S/C26H41N5O3/c1-25(2,3)34-24(32)30-12-10-29(11-13-30)16-18-6-8-20(9-7-18)31-17-19-14-22(27)21(26(4,5)33)15-23(19)28-31/h14-15,17-18,20,33H,6-13,16,27H2,1-5H3. The van der Waals surface area contributed by atoms with Crippen LogP contribution in [0.3, 0.4) is 0 Å². The first-order chi connectivity index (χ1) is 15.9. The predicted molar refractivity (Wildman–Crippen MR) is 135 cm³/mol. The summed E-state index contributed by atoms with van der Waals surface area (Å²) < 4.78 is 7.61. The van der Waals surface area contributed by atoms with Gasteiger partial charge < -0.3 is 20.5 Å². The molecule has 1 saturated carbocycles. The minimum absolute atomic E-state index is 0.198. The Hall–Kier alpha value is -2.32. The Morgan fingerprint density at radius 2 is 1.74 bits per heavy atom. The molecule has 1 aromatic heterocycles. The quantitative estimate of drug-likeness (QED) is 0.651. The van der Waals surface area contributed by atoms with Gasteiger partial charge in [0.1, 0.15) is 5.60 Å². The SMILES string of the molecule is CC(C)(C)OC(=O)N1CCN(CC2CCC(n3cc4cc(N)c(C(C)(C)O)cc4n3)CC2)CC1. The molecular weight excluding hydrogens is 430 g/mol. The van der Waals surface area contributed by atoms with Crippen LogP contribution in [0.25, 0.3) is 10.9 Å². The molecule has 0 atom stereocenters. The molecule has 3 N–H and O–H groups in total. The maximum absolute atomic E-state index is 12.3. The number of nitrogens with zero attached hydrogens (tertiary/aromatic N) is 4. The molecule has 1 aromatic carbocycles. The van der Waals surface area contributed by atoms with Gasteiger partial charge in [-0.1, -0.05) is 0 Å². The minimum atomic E-state index is -0.988. The number of nitrogens with two attached hydrogens (primary N) is 1. The highest BCUT2D eigenvalue weighted by atomic mass is 16.6. The Morgan fingerprint density at radius 1 is 1.09 bits per heavy atom. The fourth-order valence-corrected chi connectivity index (χ4v) is 5.22. The summed E-state index contributed by atoms with van der Waals surface area (Å²) in [6, 6.07) is 4.25. The predicted octanol–water partition coefficient (Wildman–Crippen LogP) is 4.13. The van der Waals surface area contributed by atoms with E-state index in [0.717, 1.165) is 62.0 Å². The highest BCUT2D eigenvalue weighted by Gasteiger charge is 2.29. The van der Waals surface area contributed by atoms with E-state index in [4.69, 9.17) is 15.6 Å². The normalized spacial score (nSPS) is 22.8. The number of piperazine rings is 1. The Kier molecular flexibility index (Phi) is 6.84. The molecule has 1 aliphatic carbocycles. The van der Waals surface area contributed by atoms with Crippen molar-refractivity contribution in [2.24, 2.45) is 5.92 Å². The average Bonchev–Trinajstić information content (AvgIpc) is 3.15. The second-order valence-corrected chi connectivity index (χ2v) is 11.6. The van der Waals surface area contributed by atoms with E-state index in [0.29, 0.717) is 17.6 Å². The first-order valence-corrected chi connectivity index (χ1v) is 12.6. The smallest absolute Gasteiger partial charge is 0.410 e. The van der Waals surface area contributed by atoms with Crippen molar-refractivity contribution in [1.82, 2.24) is 19.6 Å². The molecule has 8 heteroatoms. The van der Waals surface area contributed by atoms with Crippen LogP contribution >= 0.6 is 0 Å². The maximum Gasteiger partial charge on any atom is 0.410 e. The summed E-state index contributed by atoms with van der Waals surface area (Å²) in [5.41, 5.74) is 6.97. The van der Waals surface area contributed by atoms with Gasteiger partial charge in [0, 0.05) is 55.6 Å². The van der Waals surface area contributed by atoms with Crippen molar-refractivity contribution in [3.8, 4) is 0 Å². The number of amides is 1. The number of hydrogen-bond acceptors (Lipinski definition) is 6. The lowest BCUT2D eigenvalue weighted by molar-refractivity contribution is 0.0126. The number of aliphatic hydroxyl groups is 1. The molecule has 34 heavy (non-hydrogen) atoms. The summed E-state index contributed by atoms with van der Waals surface area (Å²) in [5, 5.41) is 16.2. The number of fused-ring (bicyclic) bond motifs is 1. The molecular formula is C26H41N5O3. The molecule has 188 valence electrons. The molecule has 0 radical (unpaired) electrons. The van der Waals surface area contributed by atoms with Gasteiger partial charge in [0.05, 0.1) is 17.2 Å². The Balaban J connectivity index is 1.28. The molecule has 8 nitrogen and oxygen atoms in total. The molecule has 0 unspecified atom stereocenters. The minimum Gasteiger partial charge on any atom is -0.444 e. The zero-order valence-corrected chi connectivity index (χ0v) is 21.4. The van der Waals surface area contributed by atoms with Crippen molar-refractivity contribution >= 4 is 22.7 Å². The molecule has 1 aliphatic heterocycles. The van der Waals surface area contributed by atoms with Crippen LogP contribution in [-0.2, 0) is 10.3 Å². The number of benzene rings is 1. The largest absolute Gasteiger partial charge is 0.444 e. The van der Waals surface area contributed by atoms with Crippen molar-refractivity contribution in [1.29, 1.82) is 0 Å². The van der Waals surface area contributed by atoms with Crippen LogP contribution in [-0.4, -0.2) is 69.1 Å². The Labute approximate surface area is 203 Å². The number of rotatable bonds is 4. The number of carbonyl (C=O) groups is 1. The third kappa shape index (κ3) is 5.84. The summed E-state index contributed by atoms with van der Waals surface area (Å²) in [4.78, 5) is 16.6. The number of nitrogen functional groups attached to an aromatic ring is 1. The lowest BCUT2D eigenvalue weighted by Crippen LogP contribution is -2.51. The molecule has 1 amide bonds. The van der Waals surface area contributed by atoms with Gasteiger partial charge in [-0.2, -0.15) is 5.10 Å². The van der Waals surface area contributed by atoms with Crippen LogP contribution in [0, 0.1) is 5.92 Å². The monoisotopic (exact) mass is 471 g/mol. The zero-order valence-electron chi connectivity index (χ0n) is 21.4. The molecule has 2 heterocycles. The fourth-order valence-electron chi connectivity index (χ4n) is 5.22. The number of anilines is 1. The lowest BCUT2D eigenvalue weighted by Gasteiger charge is -2.38. The number of ether oxygens (including phenoxy) is 1. The van der Waals surface area contributed by atoms with Crippen molar-refractivity contribution in [2.75, 3.05) is 38.5 Å². The van der Waals surface area contributed by atoms with Gasteiger partial charge in [0.2, 0.25) is 0 Å². The lowest BCUT2D eigenvalue weighted by atomic mass is 9.85. The molecule has 2 aliphatic rings. The van der Waals surface area contributed by atoms with Crippen molar-refractivity contribution < 1.29 is 14.6 Å². The Morgan fingerprint density at radius 3 is 2.32 bits per heavy atom. The highest BCUT2D eigenvalue weighted by molar-refractivity contribution is 5.83. The van der Waals surface area contributed by atoms with Gasteiger partial charge in [0.15, 0.2) is 0 Å². The van der Waals surface area contributed by atoms with Crippen molar-refractivity contribution in [2.45, 2.75) is 77.5 Å². The summed E-state index contributed by atoms with van der Waals surface area (Å²) in [7, 11) is 0. The molecule has 2 fully saturated rings. The van der Waals surface area contributed by atoms with Crippen LogP contribution in [0.5, 0.6) is 0 Å². The van der Waals surface area contributed by atoms with Crippen molar-refractivity contribution in [3.63, 3.8) is 0 Å². The molecule has 4 rings (SSSR count). The maximum atomic E-state index is 12.3. The van der Waals surface area contributed by atoms with E-state index < -0.39 is 11.2 Å². The van der Waals surface area contributed by atoms with E-state index in [1.165, 1.54) is 12.8 Å². The van der Waals surface area contributed by atoms with E-state index in [1.807, 2.05) is 37.8 Å². The fraction of sp³-hybridized carbons (Fsp3) is 0.692. The van der Waals surface area contributed by atoms with E-state index in [-0.39, 0.29) is 6.09 Å². The van der Waals surface area contributed by atoms with Gasteiger partial charge in [-0.3, -0.25) is 9.58 Å². The topological polar surface area (TPSA) is 96.9 Å². The Bertz CT molecular complexity index is 1000. The van der Waals surface area contributed by atoms with Gasteiger partial charge in [0.25, 0.3) is 0 Å². The second-order valence-electron chi connectivity index (χ2n) is 11.6. The first-order valence-electron chi connectivity index (χ1n) is 12.6. The van der Waals surface area contributed by atoms with Crippen LogP contribution < -0.4 is 5.73 Å². The van der Waals surface area contributed by atoms with E-state index >= 15 is 0 Å². The summed E-state index contributed by atoms with van der Waals surface area (Å²) >= 11 is 0. The molecule has 0 bridgehead atoms. The van der Waals surface area contributed by atoms with E-state index in [2.05, 4.69) is 15.8 Å². The third-order valence-electron chi connectivity index (χ3n) is 7.08. The number of carbonyl (C=O) groups excluding carboxylic acids is 1. The van der Waals surface area contributed by atoms with Crippen molar-refractivity contribution in [3.05, 3.63) is 23.9 Å².